The number of hydrogen-bond donors (Lipinski definition) is 2. The van der Waals surface area contributed by atoms with Gasteiger partial charge in [0.1, 0.15) is 0 Å². The van der Waals surface area contributed by atoms with E-state index < -0.39 is 0 Å². The summed E-state index contributed by atoms with van der Waals surface area (Å²) in [6.07, 6.45) is 0.586. The van der Waals surface area contributed by atoms with E-state index in [0.29, 0.717) is 42.9 Å². The lowest BCUT2D eigenvalue weighted by molar-refractivity contribution is 0.311. The standard InChI is InChI=1S/C19H29N5O3.HI/c1-6-20-19(21-11-10-17-23-18(13(3)4)24-27-17)22-14-8-9-15(26-7-2)16(12-14)25-5;/h8-9,12-13H,6-7,10-11H2,1-5H3,(H2,20,21,22);1H. The molecule has 0 atom stereocenters. The van der Waals surface area contributed by atoms with Crippen molar-refractivity contribution < 1.29 is 14.0 Å². The van der Waals surface area contributed by atoms with Gasteiger partial charge in [-0.05, 0) is 26.0 Å². The molecular weight excluding hydrogens is 473 g/mol. The lowest BCUT2D eigenvalue weighted by Gasteiger charge is -2.14. The van der Waals surface area contributed by atoms with Gasteiger partial charge in [0.2, 0.25) is 5.89 Å². The fraction of sp³-hybridized carbons (Fsp3) is 0.526. The summed E-state index contributed by atoms with van der Waals surface area (Å²) in [4.78, 5) is 8.94. The van der Waals surface area contributed by atoms with E-state index in [1.165, 1.54) is 0 Å². The van der Waals surface area contributed by atoms with Crippen molar-refractivity contribution in [1.82, 2.24) is 15.5 Å². The quantitative estimate of drug-likeness (QED) is 0.305. The van der Waals surface area contributed by atoms with Crippen LogP contribution in [0.1, 0.15) is 45.3 Å². The van der Waals surface area contributed by atoms with E-state index in [0.717, 1.165) is 18.1 Å². The van der Waals surface area contributed by atoms with Crippen molar-refractivity contribution in [3.8, 4) is 11.5 Å². The Morgan fingerprint density at radius 3 is 2.64 bits per heavy atom. The zero-order valence-electron chi connectivity index (χ0n) is 17.1. The highest BCUT2D eigenvalue weighted by Gasteiger charge is 2.10. The SMILES string of the molecule is CCNC(=NCCc1nc(C(C)C)no1)Nc1ccc(OCC)c(OC)c1.I. The van der Waals surface area contributed by atoms with Crippen molar-refractivity contribution in [1.29, 1.82) is 0 Å². The third kappa shape index (κ3) is 7.17. The topological polar surface area (TPSA) is 93.8 Å². The van der Waals surface area contributed by atoms with Crippen molar-refractivity contribution in [3.63, 3.8) is 0 Å². The minimum atomic E-state index is 0. The maximum atomic E-state index is 5.55. The predicted octanol–water partition coefficient (Wildman–Crippen LogP) is 3.84. The molecule has 1 aromatic carbocycles. The molecule has 0 amide bonds. The summed E-state index contributed by atoms with van der Waals surface area (Å²) >= 11 is 0. The third-order valence-corrected chi connectivity index (χ3v) is 3.67. The number of nitrogens with zero attached hydrogens (tertiary/aromatic N) is 3. The van der Waals surface area contributed by atoms with Crippen LogP contribution in [0.3, 0.4) is 0 Å². The first kappa shape index (κ1) is 24.0. The Hall–Kier alpha value is -2.04. The van der Waals surface area contributed by atoms with Crippen LogP contribution in [0.2, 0.25) is 0 Å². The minimum absolute atomic E-state index is 0. The molecule has 156 valence electrons. The Kier molecular flexibility index (Phi) is 10.6. The smallest absolute Gasteiger partial charge is 0.228 e. The molecule has 2 N–H and O–H groups in total. The average Bonchev–Trinajstić information content (AvgIpc) is 3.12. The summed E-state index contributed by atoms with van der Waals surface area (Å²) in [6.45, 7) is 9.89. The van der Waals surface area contributed by atoms with Gasteiger partial charge in [-0.25, -0.2) is 0 Å². The monoisotopic (exact) mass is 503 g/mol. The van der Waals surface area contributed by atoms with E-state index in [1.54, 1.807) is 7.11 Å². The first-order valence-electron chi connectivity index (χ1n) is 9.26. The fourth-order valence-electron chi connectivity index (χ4n) is 2.33. The Labute approximate surface area is 183 Å². The third-order valence-electron chi connectivity index (χ3n) is 3.67. The molecule has 0 aliphatic carbocycles. The number of methoxy groups -OCH3 is 1. The van der Waals surface area contributed by atoms with Gasteiger partial charge < -0.3 is 24.6 Å². The maximum absolute atomic E-state index is 5.55. The van der Waals surface area contributed by atoms with Crippen molar-refractivity contribution >= 4 is 35.6 Å². The van der Waals surface area contributed by atoms with Crippen LogP contribution in [0.5, 0.6) is 11.5 Å². The van der Waals surface area contributed by atoms with Gasteiger partial charge in [0.05, 0.1) is 20.3 Å². The molecule has 0 saturated carbocycles. The molecule has 0 radical (unpaired) electrons. The molecule has 28 heavy (non-hydrogen) atoms. The van der Waals surface area contributed by atoms with Crippen LogP contribution in [0.25, 0.3) is 0 Å². The molecule has 0 aliphatic rings. The van der Waals surface area contributed by atoms with Gasteiger partial charge in [-0.3, -0.25) is 4.99 Å². The number of benzene rings is 1. The second-order valence-corrected chi connectivity index (χ2v) is 6.14. The van der Waals surface area contributed by atoms with Crippen molar-refractivity contribution in [2.75, 3.05) is 32.1 Å². The first-order chi connectivity index (χ1) is 13.1. The molecule has 1 aromatic heterocycles. The van der Waals surface area contributed by atoms with Crippen molar-refractivity contribution in [3.05, 3.63) is 29.9 Å². The number of aliphatic imine (C=N–C) groups is 1. The molecule has 2 rings (SSSR count). The van der Waals surface area contributed by atoms with Crippen LogP contribution in [-0.4, -0.2) is 42.9 Å². The number of halogens is 1. The summed E-state index contributed by atoms with van der Waals surface area (Å²) in [6, 6.07) is 5.68. The van der Waals surface area contributed by atoms with Crippen molar-refractivity contribution in [2.24, 2.45) is 4.99 Å². The van der Waals surface area contributed by atoms with Crippen LogP contribution >= 0.6 is 24.0 Å². The van der Waals surface area contributed by atoms with Crippen LogP contribution in [0.4, 0.5) is 5.69 Å². The highest BCUT2D eigenvalue weighted by Crippen LogP contribution is 2.30. The zero-order valence-corrected chi connectivity index (χ0v) is 19.4. The Bertz CT molecular complexity index is 749. The normalized spacial score (nSPS) is 11.1. The number of ether oxygens (including phenoxy) is 2. The van der Waals surface area contributed by atoms with E-state index in [-0.39, 0.29) is 29.9 Å². The summed E-state index contributed by atoms with van der Waals surface area (Å²) in [5, 5.41) is 10.5. The summed E-state index contributed by atoms with van der Waals surface area (Å²) in [7, 11) is 1.62. The first-order valence-corrected chi connectivity index (χ1v) is 9.26. The summed E-state index contributed by atoms with van der Waals surface area (Å²) in [5.74, 6) is 3.63. The molecule has 8 nitrogen and oxygen atoms in total. The summed E-state index contributed by atoms with van der Waals surface area (Å²) < 4.78 is 16.2. The van der Waals surface area contributed by atoms with Crippen LogP contribution < -0.4 is 20.1 Å². The molecule has 0 aliphatic heterocycles. The Balaban J connectivity index is 0.00000392. The molecule has 0 unspecified atom stereocenters. The van der Waals surface area contributed by atoms with E-state index in [1.807, 2.05) is 45.9 Å². The molecule has 1 heterocycles. The number of aromatic nitrogens is 2. The van der Waals surface area contributed by atoms with E-state index in [2.05, 4.69) is 25.8 Å². The lowest BCUT2D eigenvalue weighted by atomic mass is 10.2. The van der Waals surface area contributed by atoms with Crippen LogP contribution in [0.15, 0.2) is 27.7 Å². The Morgan fingerprint density at radius 2 is 2.04 bits per heavy atom. The largest absolute Gasteiger partial charge is 0.493 e. The number of anilines is 1. The maximum Gasteiger partial charge on any atom is 0.228 e. The number of nitrogens with one attached hydrogen (secondary N) is 2. The molecule has 2 aromatic rings. The second-order valence-electron chi connectivity index (χ2n) is 6.14. The minimum Gasteiger partial charge on any atom is -0.493 e. The van der Waals surface area contributed by atoms with Gasteiger partial charge in [0.15, 0.2) is 23.3 Å². The number of rotatable bonds is 9. The fourth-order valence-corrected chi connectivity index (χ4v) is 2.33. The van der Waals surface area contributed by atoms with Crippen LogP contribution in [0, 0.1) is 0 Å². The lowest BCUT2D eigenvalue weighted by Crippen LogP contribution is -2.30. The van der Waals surface area contributed by atoms with Gasteiger partial charge in [0, 0.05) is 30.6 Å². The highest BCUT2D eigenvalue weighted by molar-refractivity contribution is 14.0. The van der Waals surface area contributed by atoms with E-state index in [4.69, 9.17) is 14.0 Å². The van der Waals surface area contributed by atoms with E-state index >= 15 is 0 Å². The second kappa shape index (κ2) is 12.4. The molecule has 9 heteroatoms. The molecular formula is C19H30IN5O3. The number of guanidine groups is 1. The van der Waals surface area contributed by atoms with Crippen molar-refractivity contribution in [2.45, 2.75) is 40.0 Å². The predicted molar refractivity (Wildman–Crippen MR) is 121 cm³/mol. The van der Waals surface area contributed by atoms with Gasteiger partial charge in [-0.2, -0.15) is 4.98 Å². The van der Waals surface area contributed by atoms with Gasteiger partial charge in [-0.15, -0.1) is 24.0 Å². The Morgan fingerprint density at radius 1 is 1.25 bits per heavy atom. The molecule has 0 bridgehead atoms. The van der Waals surface area contributed by atoms with Crippen LogP contribution in [-0.2, 0) is 6.42 Å². The molecule has 0 saturated heterocycles. The molecule has 0 fully saturated rings. The number of hydrogen-bond acceptors (Lipinski definition) is 6. The zero-order chi connectivity index (χ0) is 19.6. The van der Waals surface area contributed by atoms with E-state index in [9.17, 15) is 0 Å². The van der Waals surface area contributed by atoms with Gasteiger partial charge in [-0.1, -0.05) is 19.0 Å². The van der Waals surface area contributed by atoms with Gasteiger partial charge in [0.25, 0.3) is 0 Å². The summed E-state index contributed by atoms with van der Waals surface area (Å²) in [5.41, 5.74) is 0.856. The highest BCUT2D eigenvalue weighted by atomic mass is 127. The van der Waals surface area contributed by atoms with Gasteiger partial charge >= 0.3 is 0 Å². The average molecular weight is 503 g/mol. The molecule has 0 spiro atoms.